The van der Waals surface area contributed by atoms with Crippen LogP contribution in [-0.4, -0.2) is 54.1 Å². The highest BCUT2D eigenvalue weighted by atomic mass is 32.1. The van der Waals surface area contributed by atoms with Crippen LogP contribution in [0.2, 0.25) is 36.3 Å². The second kappa shape index (κ2) is 10.6. The van der Waals surface area contributed by atoms with Gasteiger partial charge in [-0.25, -0.2) is 0 Å². The molecule has 0 saturated heterocycles. The third-order valence-electron chi connectivity index (χ3n) is 5.97. The van der Waals surface area contributed by atoms with Crippen molar-refractivity contribution < 1.29 is 18.3 Å². The quantitative estimate of drug-likeness (QED) is 0.240. The Balaban J connectivity index is 5.50. The molecule has 0 radical (unpaired) electrons. The molecule has 0 aliphatic carbocycles. The molecule has 0 spiro atoms. The minimum absolute atomic E-state index is 0.0992. The Bertz CT molecular complexity index is 425. The fraction of sp³-hybridized carbons (Fsp3) is 1.00. The van der Waals surface area contributed by atoms with Gasteiger partial charge in [-0.05, 0) is 50.1 Å². The standard InChI is InChI=1S/C20H46O4SSi2/c1-13-21-18(22-14-2)17(24-27(11,12)20(6,7)8)16(25)15-23-26(9,10)19(3,4)5/h16-18,25H,13-15H2,1-12H3/t16-,17-/m1/s1. The molecule has 7 heteroatoms. The lowest BCUT2D eigenvalue weighted by Gasteiger charge is -2.43. The van der Waals surface area contributed by atoms with Gasteiger partial charge in [0.2, 0.25) is 0 Å². The van der Waals surface area contributed by atoms with Crippen molar-refractivity contribution in [3.05, 3.63) is 0 Å². The molecule has 0 bridgehead atoms. The highest BCUT2D eigenvalue weighted by Crippen LogP contribution is 2.40. The Morgan fingerprint density at radius 2 is 1.19 bits per heavy atom. The van der Waals surface area contributed by atoms with E-state index in [-0.39, 0.29) is 21.4 Å². The molecule has 0 aromatic rings. The van der Waals surface area contributed by atoms with E-state index < -0.39 is 22.9 Å². The highest BCUT2D eigenvalue weighted by molar-refractivity contribution is 7.81. The SMILES string of the molecule is CCOC(OCC)[C@H](O[Si](C)(C)C(C)(C)C)[C@H](S)CO[Si](C)(C)C(C)(C)C. The number of hydrogen-bond donors (Lipinski definition) is 1. The van der Waals surface area contributed by atoms with Crippen LogP contribution in [0, 0.1) is 0 Å². The van der Waals surface area contributed by atoms with Crippen LogP contribution in [0.5, 0.6) is 0 Å². The van der Waals surface area contributed by atoms with Gasteiger partial charge in [-0.2, -0.15) is 12.6 Å². The van der Waals surface area contributed by atoms with Crippen molar-refractivity contribution in [1.29, 1.82) is 0 Å². The first kappa shape index (κ1) is 27.6. The second-order valence-electron chi connectivity index (χ2n) is 10.3. The van der Waals surface area contributed by atoms with Crippen LogP contribution in [0.4, 0.5) is 0 Å². The summed E-state index contributed by atoms with van der Waals surface area (Å²) in [4.78, 5) is 0. The summed E-state index contributed by atoms with van der Waals surface area (Å²) < 4.78 is 25.0. The summed E-state index contributed by atoms with van der Waals surface area (Å²) in [5.41, 5.74) is 0. The topological polar surface area (TPSA) is 36.9 Å². The minimum atomic E-state index is -2.02. The van der Waals surface area contributed by atoms with Crippen molar-refractivity contribution in [3.63, 3.8) is 0 Å². The summed E-state index contributed by atoms with van der Waals surface area (Å²) >= 11 is 4.90. The summed E-state index contributed by atoms with van der Waals surface area (Å²) in [5.74, 6) is 0. The van der Waals surface area contributed by atoms with Gasteiger partial charge in [-0.1, -0.05) is 41.5 Å². The van der Waals surface area contributed by atoms with E-state index >= 15 is 0 Å². The van der Waals surface area contributed by atoms with E-state index in [1.807, 2.05) is 13.8 Å². The molecule has 4 nitrogen and oxygen atoms in total. The van der Waals surface area contributed by atoms with Gasteiger partial charge in [-0.15, -0.1) is 0 Å². The molecular weight excluding hydrogens is 392 g/mol. The van der Waals surface area contributed by atoms with Gasteiger partial charge in [-0.3, -0.25) is 0 Å². The fourth-order valence-corrected chi connectivity index (χ4v) is 4.87. The van der Waals surface area contributed by atoms with Gasteiger partial charge < -0.3 is 18.3 Å². The Labute approximate surface area is 176 Å². The predicted molar refractivity (Wildman–Crippen MR) is 125 cm³/mol. The van der Waals surface area contributed by atoms with Gasteiger partial charge >= 0.3 is 0 Å². The molecule has 0 heterocycles. The molecule has 0 saturated carbocycles. The third kappa shape index (κ3) is 8.48. The summed E-state index contributed by atoms with van der Waals surface area (Å²) in [6.45, 7) is 28.2. The minimum Gasteiger partial charge on any atom is -0.416 e. The van der Waals surface area contributed by atoms with E-state index in [9.17, 15) is 0 Å². The molecule has 0 unspecified atom stereocenters. The van der Waals surface area contributed by atoms with Gasteiger partial charge in [0, 0.05) is 19.8 Å². The first-order valence-electron chi connectivity index (χ1n) is 10.2. The fourth-order valence-electron chi connectivity index (χ4n) is 2.00. The molecule has 0 amide bonds. The number of hydrogen-bond acceptors (Lipinski definition) is 5. The molecule has 0 aliphatic rings. The van der Waals surface area contributed by atoms with E-state index in [1.54, 1.807) is 0 Å². The normalized spacial score (nSPS) is 16.7. The summed E-state index contributed by atoms with van der Waals surface area (Å²) in [7, 11) is -3.87. The maximum absolute atomic E-state index is 6.73. The Kier molecular flexibility index (Phi) is 10.8. The zero-order valence-electron chi connectivity index (χ0n) is 19.9. The highest BCUT2D eigenvalue weighted by Gasteiger charge is 2.44. The maximum atomic E-state index is 6.73. The van der Waals surface area contributed by atoms with Crippen molar-refractivity contribution in [1.82, 2.24) is 0 Å². The van der Waals surface area contributed by atoms with Crippen LogP contribution in [-0.2, 0) is 18.3 Å². The number of rotatable bonds is 11. The van der Waals surface area contributed by atoms with Gasteiger partial charge in [0.15, 0.2) is 22.9 Å². The van der Waals surface area contributed by atoms with Crippen LogP contribution >= 0.6 is 12.6 Å². The first-order valence-corrected chi connectivity index (χ1v) is 16.6. The summed E-state index contributed by atoms with van der Waals surface area (Å²) in [6, 6.07) is 0. The summed E-state index contributed by atoms with van der Waals surface area (Å²) in [6.07, 6.45) is -0.696. The molecule has 2 atom stereocenters. The van der Waals surface area contributed by atoms with E-state index in [4.69, 9.17) is 31.0 Å². The molecular formula is C20H46O4SSi2. The average molecular weight is 439 g/mol. The van der Waals surface area contributed by atoms with Gasteiger partial charge in [0.05, 0.1) is 5.25 Å². The van der Waals surface area contributed by atoms with E-state index in [2.05, 4.69) is 67.7 Å². The van der Waals surface area contributed by atoms with Crippen LogP contribution in [0.25, 0.3) is 0 Å². The lowest BCUT2D eigenvalue weighted by atomic mass is 10.2. The van der Waals surface area contributed by atoms with Crippen molar-refractivity contribution >= 4 is 29.3 Å². The van der Waals surface area contributed by atoms with Gasteiger partial charge in [0.25, 0.3) is 0 Å². The van der Waals surface area contributed by atoms with E-state index in [1.165, 1.54) is 0 Å². The molecule has 0 rings (SSSR count). The lowest BCUT2D eigenvalue weighted by molar-refractivity contribution is -0.186. The van der Waals surface area contributed by atoms with Crippen LogP contribution in [0.1, 0.15) is 55.4 Å². The van der Waals surface area contributed by atoms with Crippen LogP contribution < -0.4 is 0 Å². The Morgan fingerprint density at radius 1 is 0.778 bits per heavy atom. The van der Waals surface area contributed by atoms with Crippen molar-refractivity contribution in [2.45, 2.75) is 109 Å². The smallest absolute Gasteiger partial charge is 0.192 e. The molecule has 0 aliphatic heterocycles. The van der Waals surface area contributed by atoms with Crippen LogP contribution in [0.15, 0.2) is 0 Å². The zero-order valence-corrected chi connectivity index (χ0v) is 22.8. The summed E-state index contributed by atoms with van der Waals surface area (Å²) in [5, 5.41) is 0.147. The molecule has 0 fully saturated rings. The van der Waals surface area contributed by atoms with Gasteiger partial charge in [0.1, 0.15) is 6.10 Å². The van der Waals surface area contributed by atoms with E-state index in [0.29, 0.717) is 19.8 Å². The second-order valence-corrected chi connectivity index (χ2v) is 20.5. The number of ether oxygens (including phenoxy) is 2. The molecule has 0 aromatic heterocycles. The van der Waals surface area contributed by atoms with Crippen molar-refractivity contribution in [3.8, 4) is 0 Å². The average Bonchev–Trinajstić information content (AvgIpc) is 2.48. The predicted octanol–water partition coefficient (Wildman–Crippen LogP) is 6.10. The lowest BCUT2D eigenvalue weighted by Crippen LogP contribution is -2.53. The molecule has 164 valence electrons. The Morgan fingerprint density at radius 3 is 1.52 bits per heavy atom. The largest absolute Gasteiger partial charge is 0.416 e. The third-order valence-corrected chi connectivity index (χ3v) is 15.4. The van der Waals surface area contributed by atoms with Crippen molar-refractivity contribution in [2.24, 2.45) is 0 Å². The monoisotopic (exact) mass is 438 g/mol. The van der Waals surface area contributed by atoms with Crippen LogP contribution in [0.3, 0.4) is 0 Å². The van der Waals surface area contributed by atoms with E-state index in [0.717, 1.165) is 0 Å². The van der Waals surface area contributed by atoms with Crippen molar-refractivity contribution in [2.75, 3.05) is 19.8 Å². The number of thiol groups is 1. The molecule has 0 N–H and O–H groups in total. The first-order chi connectivity index (χ1) is 12.0. The zero-order chi connectivity index (χ0) is 21.7. The maximum Gasteiger partial charge on any atom is 0.192 e. The molecule has 27 heavy (non-hydrogen) atoms. The Hall–Kier alpha value is 0.624. The molecule has 0 aromatic carbocycles.